The Labute approximate surface area is 118 Å². The number of hydrogen-bond acceptors (Lipinski definition) is 4. The van der Waals surface area contributed by atoms with Crippen molar-refractivity contribution in [2.24, 2.45) is 5.73 Å². The van der Waals surface area contributed by atoms with Gasteiger partial charge in [0.1, 0.15) is 12.4 Å². The van der Waals surface area contributed by atoms with Crippen LogP contribution in [0, 0.1) is 0 Å². The van der Waals surface area contributed by atoms with Gasteiger partial charge in [-0.2, -0.15) is 0 Å². The number of hydrogen-bond donors (Lipinski definition) is 1. The molecule has 0 aromatic heterocycles. The van der Waals surface area contributed by atoms with Gasteiger partial charge in [0.2, 0.25) is 0 Å². The van der Waals surface area contributed by atoms with Gasteiger partial charge >= 0.3 is 5.97 Å². The Hall–Kier alpha value is -2.33. The van der Waals surface area contributed by atoms with Crippen molar-refractivity contribution in [3.63, 3.8) is 0 Å². The van der Waals surface area contributed by atoms with Gasteiger partial charge in [-0.3, -0.25) is 0 Å². The molecular formula is C16H17NO3. The quantitative estimate of drug-likeness (QED) is 0.849. The van der Waals surface area contributed by atoms with Crippen molar-refractivity contribution in [1.82, 2.24) is 0 Å². The summed E-state index contributed by atoms with van der Waals surface area (Å²) in [6.45, 7) is 0.952. The van der Waals surface area contributed by atoms with Crippen molar-refractivity contribution in [1.29, 1.82) is 0 Å². The zero-order valence-electron chi connectivity index (χ0n) is 11.3. The highest BCUT2D eigenvalue weighted by molar-refractivity contribution is 5.91. The van der Waals surface area contributed by atoms with Crippen molar-refractivity contribution in [2.45, 2.75) is 0 Å². The number of ether oxygens (including phenoxy) is 2. The number of benzene rings is 2. The van der Waals surface area contributed by atoms with E-state index in [4.69, 9.17) is 15.2 Å². The number of esters is 1. The van der Waals surface area contributed by atoms with E-state index in [1.54, 1.807) is 12.1 Å². The number of nitrogens with two attached hydrogens (primary N) is 1. The minimum absolute atomic E-state index is 0.345. The maximum Gasteiger partial charge on any atom is 0.337 e. The Morgan fingerprint density at radius 3 is 2.50 bits per heavy atom. The molecule has 0 saturated heterocycles. The lowest BCUT2D eigenvalue weighted by Gasteiger charge is -2.08. The van der Waals surface area contributed by atoms with Crippen molar-refractivity contribution in [2.75, 3.05) is 20.3 Å². The van der Waals surface area contributed by atoms with Crippen LogP contribution in [0.2, 0.25) is 0 Å². The van der Waals surface area contributed by atoms with Gasteiger partial charge in [0, 0.05) is 6.54 Å². The van der Waals surface area contributed by atoms with Gasteiger partial charge in [-0.15, -0.1) is 0 Å². The first-order valence-corrected chi connectivity index (χ1v) is 6.36. The van der Waals surface area contributed by atoms with E-state index in [1.807, 2.05) is 36.4 Å². The van der Waals surface area contributed by atoms with Crippen LogP contribution in [-0.2, 0) is 4.74 Å². The summed E-state index contributed by atoms with van der Waals surface area (Å²) in [4.78, 5) is 11.5. The second-order valence-corrected chi connectivity index (χ2v) is 4.24. The molecule has 0 atom stereocenters. The molecule has 0 unspecified atom stereocenters. The molecule has 0 aliphatic rings. The molecule has 104 valence electrons. The van der Waals surface area contributed by atoms with Crippen LogP contribution < -0.4 is 10.5 Å². The molecule has 20 heavy (non-hydrogen) atoms. The molecule has 0 radical (unpaired) electrons. The van der Waals surface area contributed by atoms with E-state index in [2.05, 4.69) is 0 Å². The zero-order valence-corrected chi connectivity index (χ0v) is 11.3. The summed E-state index contributed by atoms with van der Waals surface area (Å²) in [5.74, 6) is 0.416. The van der Waals surface area contributed by atoms with Crippen LogP contribution in [0.3, 0.4) is 0 Å². The Balaban J connectivity index is 2.29. The average molecular weight is 271 g/mol. The topological polar surface area (TPSA) is 61.5 Å². The van der Waals surface area contributed by atoms with E-state index in [9.17, 15) is 4.79 Å². The van der Waals surface area contributed by atoms with E-state index in [0.717, 1.165) is 16.9 Å². The summed E-state index contributed by atoms with van der Waals surface area (Å²) < 4.78 is 10.2. The minimum atomic E-state index is -0.345. The van der Waals surface area contributed by atoms with Gasteiger partial charge in [-0.05, 0) is 35.4 Å². The first kappa shape index (κ1) is 14.1. The molecule has 0 aliphatic carbocycles. The molecule has 4 nitrogen and oxygen atoms in total. The Morgan fingerprint density at radius 1 is 1.10 bits per heavy atom. The fourth-order valence-corrected chi connectivity index (χ4v) is 1.89. The zero-order chi connectivity index (χ0) is 14.4. The first-order valence-electron chi connectivity index (χ1n) is 6.36. The fraction of sp³-hybridized carbons (Fsp3) is 0.188. The van der Waals surface area contributed by atoms with Gasteiger partial charge < -0.3 is 15.2 Å². The summed E-state index contributed by atoms with van der Waals surface area (Å²) in [6, 6.07) is 15.0. The van der Waals surface area contributed by atoms with Crippen LogP contribution in [0.15, 0.2) is 48.5 Å². The highest BCUT2D eigenvalue weighted by Gasteiger charge is 2.07. The molecule has 2 rings (SSSR count). The summed E-state index contributed by atoms with van der Waals surface area (Å²) in [6.07, 6.45) is 0. The molecule has 0 bridgehead atoms. The molecule has 0 aliphatic heterocycles. The molecule has 0 fully saturated rings. The van der Waals surface area contributed by atoms with Crippen molar-refractivity contribution >= 4 is 5.97 Å². The summed E-state index contributed by atoms with van der Waals surface area (Å²) in [5.41, 5.74) is 7.86. The molecule has 2 N–H and O–H groups in total. The second-order valence-electron chi connectivity index (χ2n) is 4.24. The van der Waals surface area contributed by atoms with Gasteiger partial charge in [0.25, 0.3) is 0 Å². The monoisotopic (exact) mass is 271 g/mol. The molecule has 2 aromatic rings. The highest BCUT2D eigenvalue weighted by Crippen LogP contribution is 2.24. The van der Waals surface area contributed by atoms with Gasteiger partial charge in [-0.1, -0.05) is 24.3 Å². The number of rotatable bonds is 5. The third kappa shape index (κ3) is 3.36. The molecule has 4 heteroatoms. The van der Waals surface area contributed by atoms with E-state index in [1.165, 1.54) is 7.11 Å². The number of methoxy groups -OCH3 is 1. The number of carbonyl (C=O) groups is 1. The highest BCUT2D eigenvalue weighted by atomic mass is 16.5. The van der Waals surface area contributed by atoms with Crippen LogP contribution in [0.25, 0.3) is 11.1 Å². The lowest BCUT2D eigenvalue weighted by atomic mass is 10.0. The van der Waals surface area contributed by atoms with Crippen molar-refractivity contribution < 1.29 is 14.3 Å². The van der Waals surface area contributed by atoms with E-state index in [0.29, 0.717) is 18.7 Å². The second kappa shape index (κ2) is 6.73. The Kier molecular flexibility index (Phi) is 4.74. The lowest BCUT2D eigenvalue weighted by Crippen LogP contribution is -2.10. The summed E-state index contributed by atoms with van der Waals surface area (Å²) in [5, 5.41) is 0. The summed E-state index contributed by atoms with van der Waals surface area (Å²) >= 11 is 0. The first-order chi connectivity index (χ1) is 9.74. The van der Waals surface area contributed by atoms with Gasteiger partial charge in [0.05, 0.1) is 12.7 Å². The molecule has 0 spiro atoms. The fourth-order valence-electron chi connectivity index (χ4n) is 1.89. The van der Waals surface area contributed by atoms with Gasteiger partial charge in [0.15, 0.2) is 0 Å². The van der Waals surface area contributed by atoms with Crippen molar-refractivity contribution in [3.05, 3.63) is 54.1 Å². The SMILES string of the molecule is COC(=O)c1cccc(-c2cccc(OCCN)c2)c1. The van der Waals surface area contributed by atoms with Crippen LogP contribution in [0.4, 0.5) is 0 Å². The van der Waals surface area contributed by atoms with Gasteiger partial charge in [-0.25, -0.2) is 4.79 Å². The molecule has 0 saturated carbocycles. The molecular weight excluding hydrogens is 254 g/mol. The van der Waals surface area contributed by atoms with Crippen molar-refractivity contribution in [3.8, 4) is 16.9 Å². The van der Waals surface area contributed by atoms with Crippen LogP contribution in [0.5, 0.6) is 5.75 Å². The smallest absolute Gasteiger partial charge is 0.337 e. The maximum atomic E-state index is 11.5. The maximum absolute atomic E-state index is 11.5. The predicted molar refractivity (Wildman–Crippen MR) is 77.8 cm³/mol. The largest absolute Gasteiger partial charge is 0.492 e. The minimum Gasteiger partial charge on any atom is -0.492 e. The van der Waals surface area contributed by atoms with Crippen LogP contribution in [-0.4, -0.2) is 26.2 Å². The lowest BCUT2D eigenvalue weighted by molar-refractivity contribution is 0.0601. The molecule has 0 amide bonds. The Morgan fingerprint density at radius 2 is 1.80 bits per heavy atom. The predicted octanol–water partition coefficient (Wildman–Crippen LogP) is 2.48. The van der Waals surface area contributed by atoms with Crippen LogP contribution >= 0.6 is 0 Å². The van der Waals surface area contributed by atoms with E-state index >= 15 is 0 Å². The molecule has 0 heterocycles. The Bertz CT molecular complexity index is 596. The van der Waals surface area contributed by atoms with E-state index < -0.39 is 0 Å². The average Bonchev–Trinajstić information content (AvgIpc) is 2.52. The number of carbonyl (C=O) groups excluding carboxylic acids is 1. The standard InChI is InChI=1S/C16H17NO3/c1-19-16(18)14-6-2-4-12(10-14)13-5-3-7-15(11-13)20-9-8-17/h2-7,10-11H,8-9,17H2,1H3. The normalized spacial score (nSPS) is 10.1. The van der Waals surface area contributed by atoms with Crippen LogP contribution in [0.1, 0.15) is 10.4 Å². The summed E-state index contributed by atoms with van der Waals surface area (Å²) in [7, 11) is 1.37. The third-order valence-corrected chi connectivity index (χ3v) is 2.84. The van der Waals surface area contributed by atoms with E-state index in [-0.39, 0.29) is 5.97 Å². The molecule has 2 aromatic carbocycles. The third-order valence-electron chi connectivity index (χ3n) is 2.84.